The Morgan fingerprint density at radius 3 is 2.31 bits per heavy atom. The molecule has 0 saturated carbocycles. The van der Waals surface area contributed by atoms with Gasteiger partial charge in [0.15, 0.2) is 11.5 Å². The molecule has 1 aromatic heterocycles. The van der Waals surface area contributed by atoms with E-state index in [1.165, 1.54) is 19.0 Å². The third kappa shape index (κ3) is 5.16. The maximum absolute atomic E-state index is 13.3. The Morgan fingerprint density at radius 1 is 1.12 bits per heavy atom. The van der Waals surface area contributed by atoms with Crippen LogP contribution in [0.25, 0.3) is 17.1 Å². The van der Waals surface area contributed by atoms with Crippen LogP contribution in [0.3, 0.4) is 0 Å². The summed E-state index contributed by atoms with van der Waals surface area (Å²) in [6.45, 7) is 1.59. The van der Waals surface area contributed by atoms with E-state index >= 15 is 0 Å². The lowest BCUT2D eigenvalue weighted by Crippen LogP contribution is -2.37. The van der Waals surface area contributed by atoms with Crippen LogP contribution in [0.4, 0.5) is 5.82 Å². The van der Waals surface area contributed by atoms with Crippen LogP contribution >= 0.6 is 23.2 Å². The number of aromatic nitrogens is 2. The number of anilines is 1. The summed E-state index contributed by atoms with van der Waals surface area (Å²) < 4.78 is 1.58. The summed E-state index contributed by atoms with van der Waals surface area (Å²) >= 11 is 12.4. The van der Waals surface area contributed by atoms with Gasteiger partial charge in [-0.25, -0.2) is 4.98 Å². The van der Waals surface area contributed by atoms with Crippen LogP contribution < -0.4 is 11.1 Å². The number of benzene rings is 2. The molecule has 1 unspecified atom stereocenters. The predicted molar refractivity (Wildman–Crippen MR) is 126 cm³/mol. The second kappa shape index (κ2) is 11.4. The molecule has 3 rings (SSSR count). The molecule has 0 aliphatic carbocycles. The Labute approximate surface area is 195 Å². The Kier molecular flexibility index (Phi) is 8.95. The Morgan fingerprint density at radius 2 is 1.75 bits per heavy atom. The molecule has 1 atom stereocenters. The molecule has 2 amide bonds. The van der Waals surface area contributed by atoms with Crippen molar-refractivity contribution in [3.63, 3.8) is 0 Å². The molecule has 0 fully saturated rings. The first-order valence-corrected chi connectivity index (χ1v) is 10.3. The Hall–Kier alpha value is -3.20. The Balaban J connectivity index is 0.00000176. The van der Waals surface area contributed by atoms with Crippen LogP contribution in [0.15, 0.2) is 48.5 Å². The van der Waals surface area contributed by atoms with Crippen LogP contribution in [0, 0.1) is 0 Å². The molecule has 3 N–H and O–H groups in total. The minimum Gasteiger partial charge on any atom is -0.333 e. The van der Waals surface area contributed by atoms with Crippen molar-refractivity contribution in [3.8, 4) is 17.1 Å². The second-order valence-corrected chi connectivity index (χ2v) is 7.32. The van der Waals surface area contributed by atoms with E-state index in [1.807, 2.05) is 0 Å². The number of rotatable bonds is 7. The highest BCUT2D eigenvalue weighted by Gasteiger charge is 2.29. The van der Waals surface area contributed by atoms with Crippen LogP contribution in [0.2, 0.25) is 10.0 Å². The molecule has 32 heavy (non-hydrogen) atoms. The lowest BCUT2D eigenvalue weighted by atomic mass is 10.2. The van der Waals surface area contributed by atoms with Gasteiger partial charge >= 0.3 is 0 Å². The smallest absolute Gasteiger partial charge is 0.275 e. The van der Waals surface area contributed by atoms with Crippen LogP contribution in [-0.4, -0.2) is 53.2 Å². The van der Waals surface area contributed by atoms with E-state index in [-0.39, 0.29) is 11.5 Å². The quantitative estimate of drug-likeness (QED) is 0.506. The SMILES string of the molecule is CC(C=O)N(C)C(=O)c1c(NC=O)nc(-c2ccccc2Cl)n1-c1ccc(Cl)cc1.CN. The van der Waals surface area contributed by atoms with Gasteiger partial charge in [-0.15, -0.1) is 0 Å². The highest BCUT2D eigenvalue weighted by atomic mass is 35.5. The van der Waals surface area contributed by atoms with Gasteiger partial charge < -0.3 is 20.7 Å². The van der Waals surface area contributed by atoms with E-state index in [0.717, 1.165) is 0 Å². The predicted octanol–water partition coefficient (Wildman–Crippen LogP) is 3.65. The molecule has 0 aliphatic rings. The van der Waals surface area contributed by atoms with Crippen molar-refractivity contribution >= 4 is 47.6 Å². The number of likely N-dealkylation sites (N-methyl/N-ethyl adjacent to an activating group) is 1. The fraction of sp³-hybridized carbons (Fsp3) is 0.182. The third-order valence-electron chi connectivity index (χ3n) is 4.60. The number of hydrogen-bond donors (Lipinski definition) is 2. The highest BCUT2D eigenvalue weighted by Crippen LogP contribution is 2.34. The molecule has 2 aromatic carbocycles. The van der Waals surface area contributed by atoms with Gasteiger partial charge in [0.05, 0.1) is 11.1 Å². The van der Waals surface area contributed by atoms with Crippen LogP contribution in [0.5, 0.6) is 0 Å². The van der Waals surface area contributed by atoms with E-state index in [9.17, 15) is 14.4 Å². The summed E-state index contributed by atoms with van der Waals surface area (Å²) in [7, 11) is 3.00. The van der Waals surface area contributed by atoms with Gasteiger partial charge in [-0.1, -0.05) is 35.3 Å². The van der Waals surface area contributed by atoms with E-state index in [4.69, 9.17) is 23.2 Å². The zero-order valence-corrected chi connectivity index (χ0v) is 19.3. The van der Waals surface area contributed by atoms with Crippen molar-refractivity contribution < 1.29 is 14.4 Å². The molecule has 1 heterocycles. The summed E-state index contributed by atoms with van der Waals surface area (Å²) in [6.07, 6.45) is 1.09. The van der Waals surface area contributed by atoms with Gasteiger partial charge in [0.2, 0.25) is 6.41 Å². The van der Waals surface area contributed by atoms with Gasteiger partial charge in [-0.3, -0.25) is 14.2 Å². The lowest BCUT2D eigenvalue weighted by Gasteiger charge is -2.22. The zero-order valence-electron chi connectivity index (χ0n) is 17.8. The fourth-order valence-corrected chi connectivity index (χ4v) is 3.23. The standard InChI is InChI=1S/C21H18Cl2N4O3.CH5N/c1-13(11-28)26(2)21(30)18-19(24-12-29)25-20(16-5-3-4-6-17(16)23)27(18)15-9-7-14(22)8-10-15;1-2/h3-13H,1-2H3,(H,24,29);2H2,1H3. The molecule has 0 bridgehead atoms. The Bertz CT molecular complexity index is 1100. The van der Waals surface area contributed by atoms with E-state index in [2.05, 4.69) is 16.0 Å². The van der Waals surface area contributed by atoms with E-state index in [0.29, 0.717) is 39.8 Å². The number of nitrogens with one attached hydrogen (secondary N) is 1. The molecule has 0 radical (unpaired) electrons. The number of aldehydes is 1. The average Bonchev–Trinajstić information content (AvgIpc) is 3.18. The van der Waals surface area contributed by atoms with Crippen molar-refractivity contribution in [2.45, 2.75) is 13.0 Å². The van der Waals surface area contributed by atoms with Crippen molar-refractivity contribution in [2.24, 2.45) is 5.73 Å². The van der Waals surface area contributed by atoms with Crippen molar-refractivity contribution in [1.29, 1.82) is 0 Å². The zero-order chi connectivity index (χ0) is 23.8. The molecule has 8 nitrogen and oxygen atoms in total. The van der Waals surface area contributed by atoms with Crippen molar-refractivity contribution in [2.75, 3.05) is 19.4 Å². The summed E-state index contributed by atoms with van der Waals surface area (Å²) in [6, 6.07) is 13.1. The van der Waals surface area contributed by atoms with Gasteiger partial charge in [0.25, 0.3) is 5.91 Å². The minimum atomic E-state index is -0.682. The number of carbonyl (C=O) groups is 3. The molecular weight excluding hydrogens is 453 g/mol. The first-order valence-electron chi connectivity index (χ1n) is 9.53. The van der Waals surface area contributed by atoms with Gasteiger partial charge in [-0.05, 0) is 50.4 Å². The first kappa shape index (κ1) is 25.1. The highest BCUT2D eigenvalue weighted by molar-refractivity contribution is 6.33. The van der Waals surface area contributed by atoms with E-state index < -0.39 is 11.9 Å². The summed E-state index contributed by atoms with van der Waals surface area (Å²) in [5.74, 6) is -0.104. The molecule has 0 aliphatic heterocycles. The number of amides is 2. The topological polar surface area (TPSA) is 110 Å². The van der Waals surface area contributed by atoms with Gasteiger partial charge in [0.1, 0.15) is 12.1 Å². The largest absolute Gasteiger partial charge is 0.333 e. The molecular formula is C22H23Cl2N5O3. The first-order chi connectivity index (χ1) is 15.4. The number of carbonyl (C=O) groups excluding carboxylic acids is 3. The summed E-state index contributed by atoms with van der Waals surface area (Å²) in [5.41, 5.74) is 5.72. The number of hydrogen-bond acceptors (Lipinski definition) is 5. The molecule has 0 saturated heterocycles. The maximum atomic E-state index is 13.3. The van der Waals surface area contributed by atoms with Gasteiger partial charge in [0, 0.05) is 23.3 Å². The maximum Gasteiger partial charge on any atom is 0.275 e. The number of nitrogens with two attached hydrogens (primary N) is 1. The normalized spacial score (nSPS) is 11.1. The van der Waals surface area contributed by atoms with Crippen molar-refractivity contribution in [3.05, 3.63) is 64.3 Å². The van der Waals surface area contributed by atoms with Crippen molar-refractivity contribution in [1.82, 2.24) is 14.5 Å². The molecule has 3 aromatic rings. The number of nitrogens with zero attached hydrogens (tertiary/aromatic N) is 3. The average molecular weight is 476 g/mol. The van der Waals surface area contributed by atoms with Gasteiger partial charge in [-0.2, -0.15) is 0 Å². The number of halogens is 2. The van der Waals surface area contributed by atoms with E-state index in [1.54, 1.807) is 60.0 Å². The monoisotopic (exact) mass is 475 g/mol. The number of imidazole rings is 1. The summed E-state index contributed by atoms with van der Waals surface area (Å²) in [5, 5.41) is 3.42. The third-order valence-corrected chi connectivity index (χ3v) is 5.18. The molecule has 10 heteroatoms. The minimum absolute atomic E-state index is 0.0461. The lowest BCUT2D eigenvalue weighted by molar-refractivity contribution is -0.111. The molecule has 0 spiro atoms. The second-order valence-electron chi connectivity index (χ2n) is 6.48. The van der Waals surface area contributed by atoms with Crippen LogP contribution in [-0.2, 0) is 9.59 Å². The summed E-state index contributed by atoms with van der Waals surface area (Å²) in [4.78, 5) is 41.5. The van der Waals surface area contributed by atoms with Crippen LogP contribution in [0.1, 0.15) is 17.4 Å². The molecule has 168 valence electrons. The fourth-order valence-electron chi connectivity index (χ4n) is 2.88.